The van der Waals surface area contributed by atoms with Crippen LogP contribution in [0.3, 0.4) is 0 Å². The second-order valence-corrected chi connectivity index (χ2v) is 6.62. The van der Waals surface area contributed by atoms with E-state index in [1.807, 2.05) is 12.3 Å². The van der Waals surface area contributed by atoms with E-state index in [9.17, 15) is 0 Å². The maximum Gasteiger partial charge on any atom is 0.130 e. The van der Waals surface area contributed by atoms with Crippen molar-refractivity contribution in [1.29, 1.82) is 0 Å². The Hall–Kier alpha value is -2.35. The van der Waals surface area contributed by atoms with Crippen LogP contribution in [0.15, 0.2) is 61.0 Å². The highest BCUT2D eigenvalue weighted by Crippen LogP contribution is 2.31. The molecule has 0 aliphatic carbocycles. The number of allylic oxidation sites excluding steroid dienone is 2. The summed E-state index contributed by atoms with van der Waals surface area (Å²) >= 11 is 0. The van der Waals surface area contributed by atoms with Gasteiger partial charge in [-0.25, -0.2) is 0 Å². The molecule has 2 heterocycles. The maximum atomic E-state index is 5.76. The van der Waals surface area contributed by atoms with Crippen LogP contribution in [0.25, 0.3) is 11.3 Å². The van der Waals surface area contributed by atoms with Crippen LogP contribution in [0, 0.1) is 0 Å². The fraction of sp³-hybridized carbons (Fsp3) is 0.250. The first kappa shape index (κ1) is 14.6. The second kappa shape index (κ2) is 5.45. The van der Waals surface area contributed by atoms with Crippen LogP contribution in [-0.2, 0) is 11.8 Å². The first-order valence-corrected chi connectivity index (χ1v) is 7.57. The van der Waals surface area contributed by atoms with Gasteiger partial charge in [0.2, 0.25) is 0 Å². The van der Waals surface area contributed by atoms with Crippen molar-refractivity contribution in [3.8, 4) is 17.0 Å². The third-order valence-corrected chi connectivity index (χ3v) is 3.94. The Kier molecular flexibility index (Phi) is 3.61. The average Bonchev–Trinajstić information content (AvgIpc) is 2.53. The van der Waals surface area contributed by atoms with Gasteiger partial charge < -0.3 is 4.74 Å². The van der Waals surface area contributed by atoms with Gasteiger partial charge in [0.1, 0.15) is 11.5 Å². The third kappa shape index (κ3) is 2.82. The lowest BCUT2D eigenvalue weighted by molar-refractivity contribution is 0.428. The molecule has 1 aromatic carbocycles. The van der Waals surface area contributed by atoms with E-state index in [0.29, 0.717) is 0 Å². The highest BCUT2D eigenvalue weighted by Gasteiger charge is 2.15. The molecule has 22 heavy (non-hydrogen) atoms. The van der Waals surface area contributed by atoms with E-state index in [2.05, 4.69) is 62.7 Å². The van der Waals surface area contributed by atoms with Crippen molar-refractivity contribution < 1.29 is 4.74 Å². The van der Waals surface area contributed by atoms with Crippen LogP contribution in [-0.4, -0.2) is 4.98 Å². The summed E-state index contributed by atoms with van der Waals surface area (Å²) in [5.74, 6) is 1.74. The Morgan fingerprint density at radius 2 is 2.00 bits per heavy atom. The molecule has 0 unspecified atom stereocenters. The van der Waals surface area contributed by atoms with Crippen molar-refractivity contribution >= 4 is 0 Å². The first-order chi connectivity index (χ1) is 10.5. The van der Waals surface area contributed by atoms with E-state index >= 15 is 0 Å². The Morgan fingerprint density at radius 3 is 2.64 bits per heavy atom. The van der Waals surface area contributed by atoms with Gasteiger partial charge in [0.05, 0.1) is 5.69 Å². The first-order valence-electron chi connectivity index (χ1n) is 7.57. The SMILES string of the molecule is C=CC1=CCc2cc(-c3ccc(C(C)(C)C)cn3)ccc2O1. The van der Waals surface area contributed by atoms with Gasteiger partial charge in [0.15, 0.2) is 0 Å². The zero-order valence-corrected chi connectivity index (χ0v) is 13.4. The topological polar surface area (TPSA) is 22.1 Å². The monoisotopic (exact) mass is 291 g/mol. The van der Waals surface area contributed by atoms with Crippen LogP contribution in [0.4, 0.5) is 0 Å². The molecule has 0 N–H and O–H groups in total. The standard InChI is InChI=1S/C20H21NO/c1-5-17-9-6-15-12-14(7-11-19(15)22-17)18-10-8-16(13-21-18)20(2,3)4/h5,7-13H,1,6H2,2-4H3. The molecule has 112 valence electrons. The minimum Gasteiger partial charge on any atom is -0.457 e. The number of hydrogen-bond acceptors (Lipinski definition) is 2. The van der Waals surface area contributed by atoms with Gasteiger partial charge in [-0.2, -0.15) is 0 Å². The van der Waals surface area contributed by atoms with E-state index in [4.69, 9.17) is 4.74 Å². The predicted octanol–water partition coefficient (Wildman–Crippen LogP) is 5.05. The average molecular weight is 291 g/mol. The molecule has 0 fully saturated rings. The molecule has 0 amide bonds. The molecule has 0 spiro atoms. The molecular formula is C20H21NO. The van der Waals surface area contributed by atoms with Gasteiger partial charge in [-0.3, -0.25) is 4.98 Å². The lowest BCUT2D eigenvalue weighted by atomic mass is 9.88. The lowest BCUT2D eigenvalue weighted by Crippen LogP contribution is -2.11. The molecule has 3 rings (SSSR count). The summed E-state index contributed by atoms with van der Waals surface area (Å²) in [6.07, 6.45) is 6.63. The van der Waals surface area contributed by atoms with Gasteiger partial charge in [0.25, 0.3) is 0 Å². The quantitative estimate of drug-likeness (QED) is 0.772. The molecule has 0 bridgehead atoms. The number of pyridine rings is 1. The normalized spacial score (nSPS) is 13.9. The third-order valence-electron chi connectivity index (χ3n) is 3.94. The smallest absolute Gasteiger partial charge is 0.130 e. The Labute approximate surface area is 132 Å². The van der Waals surface area contributed by atoms with Crippen LogP contribution in [0.1, 0.15) is 31.9 Å². The summed E-state index contributed by atoms with van der Waals surface area (Å²) in [4.78, 5) is 4.62. The van der Waals surface area contributed by atoms with Gasteiger partial charge in [-0.15, -0.1) is 0 Å². The molecule has 0 saturated heterocycles. The Bertz CT molecular complexity index is 733. The zero-order valence-electron chi connectivity index (χ0n) is 13.4. The summed E-state index contributed by atoms with van der Waals surface area (Å²) in [7, 11) is 0. The summed E-state index contributed by atoms with van der Waals surface area (Å²) < 4.78 is 5.76. The number of aromatic nitrogens is 1. The van der Waals surface area contributed by atoms with Gasteiger partial charge >= 0.3 is 0 Å². The second-order valence-electron chi connectivity index (χ2n) is 6.62. The van der Waals surface area contributed by atoms with Gasteiger partial charge in [-0.1, -0.05) is 33.4 Å². The predicted molar refractivity (Wildman–Crippen MR) is 91.0 cm³/mol. The van der Waals surface area contributed by atoms with E-state index < -0.39 is 0 Å². The summed E-state index contributed by atoms with van der Waals surface area (Å²) in [5, 5.41) is 0. The van der Waals surface area contributed by atoms with Crippen molar-refractivity contribution in [2.24, 2.45) is 0 Å². The van der Waals surface area contributed by atoms with E-state index in [1.165, 1.54) is 11.1 Å². The molecule has 0 atom stereocenters. The fourth-order valence-electron chi connectivity index (χ4n) is 2.51. The molecule has 0 saturated carbocycles. The van der Waals surface area contributed by atoms with Crippen molar-refractivity contribution in [3.63, 3.8) is 0 Å². The molecule has 1 aliphatic rings. The van der Waals surface area contributed by atoms with Gasteiger partial charge in [0, 0.05) is 11.8 Å². The van der Waals surface area contributed by atoms with E-state index in [1.54, 1.807) is 6.08 Å². The van der Waals surface area contributed by atoms with E-state index in [-0.39, 0.29) is 5.41 Å². The van der Waals surface area contributed by atoms with Crippen molar-refractivity contribution in [3.05, 3.63) is 72.1 Å². The zero-order chi connectivity index (χ0) is 15.7. The molecule has 2 nitrogen and oxygen atoms in total. The number of rotatable bonds is 2. The number of ether oxygens (including phenoxy) is 1. The van der Waals surface area contributed by atoms with Crippen LogP contribution < -0.4 is 4.74 Å². The Balaban J connectivity index is 1.90. The number of benzene rings is 1. The van der Waals surface area contributed by atoms with E-state index in [0.717, 1.165) is 29.2 Å². The molecule has 2 aromatic rings. The van der Waals surface area contributed by atoms with Crippen molar-refractivity contribution in [2.75, 3.05) is 0 Å². The number of nitrogens with zero attached hydrogens (tertiary/aromatic N) is 1. The molecular weight excluding hydrogens is 270 g/mol. The van der Waals surface area contributed by atoms with Crippen LogP contribution >= 0.6 is 0 Å². The summed E-state index contributed by atoms with van der Waals surface area (Å²) in [5.41, 5.74) is 4.68. The molecule has 1 aromatic heterocycles. The van der Waals surface area contributed by atoms with Gasteiger partial charge in [-0.05, 0) is 59.4 Å². The highest BCUT2D eigenvalue weighted by molar-refractivity contribution is 5.63. The minimum atomic E-state index is 0.126. The van der Waals surface area contributed by atoms with Crippen LogP contribution in [0.2, 0.25) is 0 Å². The molecule has 0 radical (unpaired) electrons. The van der Waals surface area contributed by atoms with Crippen molar-refractivity contribution in [1.82, 2.24) is 4.98 Å². The largest absolute Gasteiger partial charge is 0.457 e. The summed E-state index contributed by atoms with van der Waals surface area (Å²) in [6, 6.07) is 10.5. The molecule has 2 heteroatoms. The lowest BCUT2D eigenvalue weighted by Gasteiger charge is -2.19. The highest BCUT2D eigenvalue weighted by atomic mass is 16.5. The number of fused-ring (bicyclic) bond motifs is 1. The maximum absolute atomic E-state index is 5.76. The number of hydrogen-bond donors (Lipinski definition) is 0. The fourth-order valence-corrected chi connectivity index (χ4v) is 2.51. The molecule has 1 aliphatic heterocycles. The van der Waals surface area contributed by atoms with Crippen molar-refractivity contribution in [2.45, 2.75) is 32.6 Å². The minimum absolute atomic E-state index is 0.126. The van der Waals surface area contributed by atoms with Crippen LogP contribution in [0.5, 0.6) is 5.75 Å². The summed E-state index contributed by atoms with van der Waals surface area (Å²) in [6.45, 7) is 10.3. The Morgan fingerprint density at radius 1 is 1.18 bits per heavy atom.